The molecule has 0 aromatic carbocycles. The predicted molar refractivity (Wildman–Crippen MR) is 89.1 cm³/mol. The third-order valence-corrected chi connectivity index (χ3v) is 9.73. The van der Waals surface area contributed by atoms with Crippen LogP contribution in [0.2, 0.25) is 18.1 Å². The van der Waals surface area contributed by atoms with E-state index >= 15 is 0 Å². The Morgan fingerprint density at radius 1 is 1.36 bits per heavy atom. The van der Waals surface area contributed by atoms with Crippen molar-refractivity contribution in [3.05, 3.63) is 12.2 Å². The molecule has 1 saturated heterocycles. The number of amides is 1. The second-order valence-corrected chi connectivity index (χ2v) is 12.5. The number of nitrogens with one attached hydrogen (secondary N) is 1. The lowest BCUT2D eigenvalue weighted by Crippen LogP contribution is -2.66. The first-order valence-corrected chi connectivity index (χ1v) is 10.6. The fourth-order valence-corrected chi connectivity index (χ4v) is 3.91. The summed E-state index contributed by atoms with van der Waals surface area (Å²) in [6.07, 6.45) is -0.233. The molecule has 0 saturated carbocycles. The monoisotopic (exact) mass is 327 g/mol. The van der Waals surface area contributed by atoms with Crippen LogP contribution in [0.5, 0.6) is 0 Å². The molecular weight excluding hydrogens is 298 g/mol. The fraction of sp³-hybridized carbons (Fsp3) is 0.750. The first kappa shape index (κ1) is 18.9. The van der Waals surface area contributed by atoms with E-state index in [9.17, 15) is 9.59 Å². The molecular formula is C16H29NO4Si. The van der Waals surface area contributed by atoms with Gasteiger partial charge in [0.1, 0.15) is 0 Å². The minimum absolute atomic E-state index is 0.0628. The van der Waals surface area contributed by atoms with Crippen LogP contribution < -0.4 is 5.32 Å². The van der Waals surface area contributed by atoms with Gasteiger partial charge < -0.3 is 14.8 Å². The summed E-state index contributed by atoms with van der Waals surface area (Å²) < 4.78 is 6.30. The topological polar surface area (TPSA) is 75.6 Å². The summed E-state index contributed by atoms with van der Waals surface area (Å²) in [5.74, 6) is -1.72. The van der Waals surface area contributed by atoms with Crippen molar-refractivity contribution in [2.24, 2.45) is 11.8 Å². The Hall–Kier alpha value is -1.14. The molecule has 1 aliphatic rings. The van der Waals surface area contributed by atoms with Crippen molar-refractivity contribution >= 4 is 20.2 Å². The molecule has 0 aromatic heterocycles. The van der Waals surface area contributed by atoms with Crippen molar-refractivity contribution in [3.63, 3.8) is 0 Å². The van der Waals surface area contributed by atoms with Crippen LogP contribution in [-0.2, 0) is 14.0 Å². The highest BCUT2D eigenvalue weighted by Gasteiger charge is 2.49. The van der Waals surface area contributed by atoms with Crippen LogP contribution in [-0.4, -0.2) is 37.4 Å². The zero-order valence-corrected chi connectivity index (χ0v) is 15.7. The first-order chi connectivity index (χ1) is 9.79. The molecule has 0 bridgehead atoms. The van der Waals surface area contributed by atoms with E-state index in [1.54, 1.807) is 6.92 Å². The third-order valence-electron chi connectivity index (χ3n) is 5.15. The Labute approximate surface area is 134 Å². The van der Waals surface area contributed by atoms with Crippen molar-refractivity contribution in [1.29, 1.82) is 0 Å². The van der Waals surface area contributed by atoms with Gasteiger partial charge in [-0.25, -0.2) is 4.79 Å². The van der Waals surface area contributed by atoms with Gasteiger partial charge in [0.25, 0.3) is 0 Å². The van der Waals surface area contributed by atoms with E-state index in [0.29, 0.717) is 0 Å². The second kappa shape index (κ2) is 6.16. The lowest BCUT2D eigenvalue weighted by atomic mass is 9.76. The molecule has 0 spiro atoms. The summed E-state index contributed by atoms with van der Waals surface area (Å²) in [5.41, 5.74) is 0.120. The van der Waals surface area contributed by atoms with Crippen molar-refractivity contribution < 1.29 is 19.1 Å². The van der Waals surface area contributed by atoms with Crippen LogP contribution >= 0.6 is 0 Å². The molecule has 0 aromatic rings. The minimum Gasteiger partial charge on any atom is -0.478 e. The third kappa shape index (κ3) is 3.60. The minimum atomic E-state index is -1.97. The predicted octanol–water partition coefficient (Wildman–Crippen LogP) is 2.79. The molecule has 0 radical (unpaired) electrons. The smallest absolute Gasteiger partial charge is 0.331 e. The van der Waals surface area contributed by atoms with E-state index in [0.717, 1.165) is 0 Å². The molecule has 2 N–H and O–H groups in total. The van der Waals surface area contributed by atoms with Gasteiger partial charge in [-0.3, -0.25) is 4.79 Å². The Kier molecular flexibility index (Phi) is 5.29. The standard InChI is InChI=1S/C16H29NO4Si/c1-9(10(2)15(19)20)13-12(14(18)17-13)11(3)21-22(7,8)16(4,5)6/h9,11-13H,2H2,1,3-8H3,(H,17,18)(H,19,20)/t9-,11+,12+,13+/m0/s1. The summed E-state index contributed by atoms with van der Waals surface area (Å²) in [6, 6.07) is -0.226. The zero-order chi connectivity index (χ0) is 17.5. The van der Waals surface area contributed by atoms with E-state index in [-0.39, 0.29) is 40.5 Å². The number of hydrogen-bond acceptors (Lipinski definition) is 3. The van der Waals surface area contributed by atoms with Crippen LogP contribution in [0.4, 0.5) is 0 Å². The lowest BCUT2D eigenvalue weighted by Gasteiger charge is -2.47. The first-order valence-electron chi connectivity index (χ1n) is 7.70. The number of carbonyl (C=O) groups is 2. The van der Waals surface area contributed by atoms with E-state index in [1.807, 2.05) is 6.92 Å². The van der Waals surface area contributed by atoms with Gasteiger partial charge >= 0.3 is 5.97 Å². The Bertz CT molecular complexity index is 481. The second-order valence-electron chi connectivity index (χ2n) is 7.76. The average Bonchev–Trinajstić information content (AvgIpc) is 2.31. The molecule has 22 heavy (non-hydrogen) atoms. The van der Waals surface area contributed by atoms with E-state index < -0.39 is 14.3 Å². The van der Waals surface area contributed by atoms with Crippen LogP contribution in [0.3, 0.4) is 0 Å². The Balaban J connectivity index is 2.84. The number of carbonyl (C=O) groups excluding carboxylic acids is 1. The highest BCUT2D eigenvalue weighted by atomic mass is 28.4. The molecule has 6 heteroatoms. The van der Waals surface area contributed by atoms with Gasteiger partial charge in [-0.05, 0) is 25.1 Å². The van der Waals surface area contributed by atoms with Gasteiger partial charge in [0.15, 0.2) is 8.32 Å². The van der Waals surface area contributed by atoms with Gasteiger partial charge in [0.05, 0.1) is 12.0 Å². The van der Waals surface area contributed by atoms with E-state index in [1.165, 1.54) is 0 Å². The quantitative estimate of drug-likeness (QED) is 0.447. The summed E-state index contributed by atoms with van der Waals surface area (Å²) in [6.45, 7) is 18.1. The summed E-state index contributed by atoms with van der Waals surface area (Å²) in [4.78, 5) is 23.0. The largest absolute Gasteiger partial charge is 0.478 e. The van der Waals surface area contributed by atoms with Crippen LogP contribution in [0, 0.1) is 11.8 Å². The van der Waals surface area contributed by atoms with Crippen molar-refractivity contribution in [2.45, 2.75) is 64.9 Å². The van der Waals surface area contributed by atoms with Crippen LogP contribution in [0.25, 0.3) is 0 Å². The molecule has 1 rings (SSSR count). The molecule has 126 valence electrons. The van der Waals surface area contributed by atoms with Crippen molar-refractivity contribution in [1.82, 2.24) is 5.32 Å². The maximum absolute atomic E-state index is 12.0. The molecule has 0 unspecified atom stereocenters. The Morgan fingerprint density at radius 3 is 2.23 bits per heavy atom. The molecule has 0 aliphatic carbocycles. The molecule has 4 atom stereocenters. The number of carboxylic acids is 1. The van der Waals surface area contributed by atoms with Gasteiger partial charge in [-0.1, -0.05) is 34.3 Å². The maximum Gasteiger partial charge on any atom is 0.331 e. The van der Waals surface area contributed by atoms with E-state index in [4.69, 9.17) is 9.53 Å². The number of carboxylic acid groups (broad SMARTS) is 1. The Morgan fingerprint density at radius 2 is 1.86 bits per heavy atom. The van der Waals surface area contributed by atoms with Crippen LogP contribution in [0.15, 0.2) is 12.2 Å². The van der Waals surface area contributed by atoms with Gasteiger partial charge in [0, 0.05) is 17.5 Å². The van der Waals surface area contributed by atoms with E-state index in [2.05, 4.69) is 45.8 Å². The van der Waals surface area contributed by atoms with Crippen molar-refractivity contribution in [3.8, 4) is 0 Å². The lowest BCUT2D eigenvalue weighted by molar-refractivity contribution is -0.143. The van der Waals surface area contributed by atoms with Gasteiger partial charge in [-0.15, -0.1) is 0 Å². The average molecular weight is 327 g/mol. The number of aliphatic carboxylic acids is 1. The molecule has 5 nitrogen and oxygen atoms in total. The molecule has 1 fully saturated rings. The summed E-state index contributed by atoms with van der Waals surface area (Å²) >= 11 is 0. The number of β-lactam (4-membered cyclic amide) rings is 1. The highest BCUT2D eigenvalue weighted by molar-refractivity contribution is 6.74. The number of hydrogen-bond donors (Lipinski definition) is 2. The summed E-state index contributed by atoms with van der Waals surface area (Å²) in [7, 11) is -1.97. The normalized spacial score (nSPS) is 25.0. The summed E-state index contributed by atoms with van der Waals surface area (Å²) in [5, 5.41) is 11.9. The van der Waals surface area contributed by atoms with Gasteiger partial charge in [-0.2, -0.15) is 0 Å². The molecule has 1 aliphatic heterocycles. The molecule has 1 heterocycles. The fourth-order valence-electron chi connectivity index (χ4n) is 2.48. The SMILES string of the molecule is C=C(C(=O)O)[C@H](C)[C@H]1NC(=O)[C@@H]1[C@@H](C)O[Si](C)(C)C(C)(C)C. The number of rotatable bonds is 6. The zero-order valence-electron chi connectivity index (χ0n) is 14.7. The van der Waals surface area contributed by atoms with Crippen molar-refractivity contribution in [2.75, 3.05) is 0 Å². The maximum atomic E-state index is 12.0. The highest BCUT2D eigenvalue weighted by Crippen LogP contribution is 2.39. The van der Waals surface area contributed by atoms with Crippen LogP contribution in [0.1, 0.15) is 34.6 Å². The molecule has 1 amide bonds. The van der Waals surface area contributed by atoms with Gasteiger partial charge in [0.2, 0.25) is 5.91 Å².